The van der Waals surface area contributed by atoms with Crippen LogP contribution in [0, 0.1) is 0 Å². The van der Waals surface area contributed by atoms with Crippen LogP contribution in [0.25, 0.3) is 65.9 Å². The molecule has 7 aromatic rings. The van der Waals surface area contributed by atoms with Crippen molar-refractivity contribution in [3.05, 3.63) is 96.3 Å². The van der Waals surface area contributed by atoms with Crippen molar-refractivity contribution in [2.24, 2.45) is 0 Å². The van der Waals surface area contributed by atoms with Crippen molar-refractivity contribution in [2.75, 3.05) is 0 Å². The summed E-state index contributed by atoms with van der Waals surface area (Å²) in [6, 6.07) is 27.6. The summed E-state index contributed by atoms with van der Waals surface area (Å²) in [4.78, 5) is 32.0. The number of carboxylic acids is 2. The number of hydrogen-bond donors (Lipinski definition) is 5. The molecule has 0 radical (unpaired) electrons. The van der Waals surface area contributed by atoms with Crippen LogP contribution >= 0.6 is 0 Å². The summed E-state index contributed by atoms with van der Waals surface area (Å²) in [5.41, 5.74) is 8.04. The third-order valence-electron chi connectivity index (χ3n) is 6.97. The number of rotatable bonds is 4. The van der Waals surface area contributed by atoms with E-state index >= 15 is 0 Å². The quantitative estimate of drug-likeness (QED) is 0.184. The Balaban J connectivity index is 1.33. The van der Waals surface area contributed by atoms with Gasteiger partial charge in [0, 0.05) is 43.6 Å². The molecule has 3 aromatic heterocycles. The largest absolute Gasteiger partial charge is 0.477 e. The topological polar surface area (TPSA) is 122 Å². The molecule has 0 bridgehead atoms. The molecule has 0 fully saturated rings. The molecular weight excluding hydrogens is 466 g/mol. The lowest BCUT2D eigenvalue weighted by atomic mass is 9.99. The van der Waals surface area contributed by atoms with Crippen LogP contribution in [0.1, 0.15) is 21.0 Å². The van der Waals surface area contributed by atoms with Crippen LogP contribution in [-0.4, -0.2) is 37.1 Å². The number of aromatic amines is 3. The third kappa shape index (κ3) is 3.36. The molecule has 0 saturated carbocycles. The van der Waals surface area contributed by atoms with Gasteiger partial charge in [-0.15, -0.1) is 0 Å². The Morgan fingerprint density at radius 3 is 1.24 bits per heavy atom. The number of carbonyl (C=O) groups is 2. The van der Waals surface area contributed by atoms with E-state index in [-0.39, 0.29) is 11.4 Å². The van der Waals surface area contributed by atoms with Crippen LogP contribution in [0.2, 0.25) is 0 Å². The number of aromatic carboxylic acids is 2. The van der Waals surface area contributed by atoms with Crippen molar-refractivity contribution in [3.8, 4) is 22.3 Å². The average molecular weight is 485 g/mol. The minimum Gasteiger partial charge on any atom is -0.477 e. The van der Waals surface area contributed by atoms with Gasteiger partial charge < -0.3 is 25.2 Å². The molecule has 0 aliphatic rings. The van der Waals surface area contributed by atoms with E-state index in [0.29, 0.717) is 0 Å². The van der Waals surface area contributed by atoms with Gasteiger partial charge in [-0.05, 0) is 82.9 Å². The molecule has 7 nitrogen and oxygen atoms in total. The zero-order valence-corrected chi connectivity index (χ0v) is 19.3. The van der Waals surface area contributed by atoms with Crippen LogP contribution in [0.4, 0.5) is 0 Å². The highest BCUT2D eigenvalue weighted by Crippen LogP contribution is 2.34. The van der Waals surface area contributed by atoms with E-state index in [4.69, 9.17) is 0 Å². The fraction of sp³-hybridized carbons (Fsp3) is 0. The molecule has 0 atom stereocenters. The number of H-pyrrole nitrogens is 3. The fourth-order valence-electron chi connectivity index (χ4n) is 5.11. The predicted molar refractivity (Wildman–Crippen MR) is 144 cm³/mol. The van der Waals surface area contributed by atoms with Crippen molar-refractivity contribution in [2.45, 2.75) is 0 Å². The van der Waals surface area contributed by atoms with E-state index in [0.717, 1.165) is 65.9 Å². The number of benzene rings is 4. The Labute approximate surface area is 209 Å². The molecule has 0 amide bonds. The summed E-state index contributed by atoms with van der Waals surface area (Å²) in [6.45, 7) is 0. The van der Waals surface area contributed by atoms with Gasteiger partial charge in [0.2, 0.25) is 0 Å². The van der Waals surface area contributed by atoms with E-state index in [1.807, 2.05) is 36.4 Å². The summed E-state index contributed by atoms with van der Waals surface area (Å²) >= 11 is 0. The van der Waals surface area contributed by atoms with Crippen molar-refractivity contribution < 1.29 is 19.8 Å². The van der Waals surface area contributed by atoms with Gasteiger partial charge in [-0.3, -0.25) is 0 Å². The second kappa shape index (κ2) is 7.60. The maximum atomic E-state index is 11.3. The molecule has 0 spiro atoms. The van der Waals surface area contributed by atoms with Crippen LogP contribution < -0.4 is 0 Å². The predicted octanol–water partition coefficient (Wildman–Crippen LogP) is 7.01. The summed E-state index contributed by atoms with van der Waals surface area (Å²) in [5.74, 6) is -1.96. The van der Waals surface area contributed by atoms with Crippen molar-refractivity contribution in [1.29, 1.82) is 0 Å². The molecular formula is C30H19N3O4. The molecule has 0 unspecified atom stereocenters. The number of carboxylic acid groups (broad SMARTS) is 2. The molecule has 4 aromatic carbocycles. The second-order valence-electron chi connectivity index (χ2n) is 9.23. The normalized spacial score (nSPS) is 11.7. The maximum absolute atomic E-state index is 11.3. The van der Waals surface area contributed by atoms with Crippen LogP contribution in [-0.2, 0) is 0 Å². The summed E-state index contributed by atoms with van der Waals surface area (Å²) in [6.07, 6.45) is 0. The van der Waals surface area contributed by atoms with Gasteiger partial charge >= 0.3 is 11.9 Å². The van der Waals surface area contributed by atoms with Gasteiger partial charge in [-0.1, -0.05) is 24.3 Å². The molecule has 7 rings (SSSR count). The van der Waals surface area contributed by atoms with Crippen molar-refractivity contribution in [3.63, 3.8) is 0 Å². The van der Waals surface area contributed by atoms with Gasteiger partial charge in [0.15, 0.2) is 0 Å². The number of nitrogens with one attached hydrogen (secondary N) is 3. The first-order valence-electron chi connectivity index (χ1n) is 11.7. The monoisotopic (exact) mass is 485 g/mol. The van der Waals surface area contributed by atoms with Gasteiger partial charge in [0.05, 0.1) is 0 Å². The van der Waals surface area contributed by atoms with Crippen LogP contribution in [0.5, 0.6) is 0 Å². The Bertz CT molecular complexity index is 1910. The molecule has 178 valence electrons. The highest BCUT2D eigenvalue weighted by Gasteiger charge is 2.12. The average Bonchev–Trinajstić information content (AvgIpc) is 3.61. The second-order valence-corrected chi connectivity index (χ2v) is 9.23. The smallest absolute Gasteiger partial charge is 0.352 e. The van der Waals surface area contributed by atoms with Crippen molar-refractivity contribution in [1.82, 2.24) is 15.0 Å². The number of fused-ring (bicyclic) bond motifs is 5. The van der Waals surface area contributed by atoms with E-state index < -0.39 is 11.9 Å². The van der Waals surface area contributed by atoms with E-state index in [2.05, 4.69) is 51.4 Å². The maximum Gasteiger partial charge on any atom is 0.352 e. The fourth-order valence-corrected chi connectivity index (χ4v) is 5.11. The zero-order chi connectivity index (χ0) is 25.3. The summed E-state index contributed by atoms with van der Waals surface area (Å²) in [5, 5.41) is 22.5. The molecule has 0 aliphatic carbocycles. The first-order valence-corrected chi connectivity index (χ1v) is 11.7. The van der Waals surface area contributed by atoms with Crippen LogP contribution in [0.15, 0.2) is 84.9 Å². The SMILES string of the molecule is O=C(O)c1cc2cc(-c3ccc4[nH]c5ccc(-c6ccc7[nH]c(C(=O)O)cc7c6)cc5c4c3)ccc2[nH]1. The Morgan fingerprint density at radius 2 is 0.838 bits per heavy atom. The van der Waals surface area contributed by atoms with Gasteiger partial charge in [-0.2, -0.15) is 0 Å². The van der Waals surface area contributed by atoms with Gasteiger partial charge in [0.1, 0.15) is 11.4 Å². The number of hydrogen-bond acceptors (Lipinski definition) is 2. The molecule has 0 saturated heterocycles. The highest BCUT2D eigenvalue weighted by molar-refractivity contribution is 6.10. The minimum absolute atomic E-state index is 0.170. The Kier molecular flexibility index (Phi) is 4.32. The Morgan fingerprint density at radius 1 is 0.459 bits per heavy atom. The molecule has 3 heterocycles. The van der Waals surface area contributed by atoms with Crippen LogP contribution in [0.3, 0.4) is 0 Å². The van der Waals surface area contributed by atoms with E-state index in [1.54, 1.807) is 12.1 Å². The first kappa shape index (κ1) is 21.0. The lowest BCUT2D eigenvalue weighted by Crippen LogP contribution is -1.94. The highest BCUT2D eigenvalue weighted by atomic mass is 16.4. The lowest BCUT2D eigenvalue weighted by Gasteiger charge is -2.04. The zero-order valence-electron chi connectivity index (χ0n) is 19.3. The molecule has 0 aliphatic heterocycles. The minimum atomic E-state index is -0.980. The standard InChI is InChI=1S/C30H19N3O4/c34-29(35)27-13-19-9-15(1-5-23(19)31-27)17-3-7-25-21(11-17)22-12-18(4-8-26(22)33-25)16-2-6-24-20(10-16)14-28(32-24)30(36)37/h1-14,31-33H,(H,34,35)(H,36,37). The molecule has 5 N–H and O–H groups in total. The summed E-state index contributed by atoms with van der Waals surface area (Å²) in [7, 11) is 0. The first-order chi connectivity index (χ1) is 17.9. The number of aromatic nitrogens is 3. The van der Waals surface area contributed by atoms with Gasteiger partial charge in [0.25, 0.3) is 0 Å². The van der Waals surface area contributed by atoms with Gasteiger partial charge in [-0.25, -0.2) is 9.59 Å². The van der Waals surface area contributed by atoms with E-state index in [1.165, 1.54) is 0 Å². The van der Waals surface area contributed by atoms with Crippen molar-refractivity contribution >= 4 is 55.6 Å². The van der Waals surface area contributed by atoms with E-state index in [9.17, 15) is 19.8 Å². The lowest BCUT2D eigenvalue weighted by molar-refractivity contribution is 0.0681. The summed E-state index contributed by atoms with van der Waals surface area (Å²) < 4.78 is 0. The Hall–Kier alpha value is -5.30. The third-order valence-corrected chi connectivity index (χ3v) is 6.97. The molecule has 37 heavy (non-hydrogen) atoms. The molecule has 7 heteroatoms.